The van der Waals surface area contributed by atoms with Gasteiger partial charge in [-0.1, -0.05) is 0 Å². The molecule has 0 aliphatic carbocycles. The summed E-state index contributed by atoms with van der Waals surface area (Å²) in [7, 11) is 0. The molecule has 1 fully saturated rings. The molecule has 1 aliphatic rings. The second-order valence-electron chi connectivity index (χ2n) is 7.17. The molecule has 0 unspecified atom stereocenters. The molecule has 0 radical (unpaired) electrons. The van der Waals surface area contributed by atoms with Crippen LogP contribution < -0.4 is 44.8 Å². The molecule has 11 nitrogen and oxygen atoms in total. The van der Waals surface area contributed by atoms with Crippen LogP contribution in [0.1, 0.15) is 0 Å². The van der Waals surface area contributed by atoms with Crippen LogP contribution in [0.4, 0.5) is 0 Å². The van der Waals surface area contributed by atoms with Gasteiger partial charge in [-0.05, 0) is 24.3 Å². The summed E-state index contributed by atoms with van der Waals surface area (Å²) < 4.78 is 16.0. The molecule has 1 aromatic heterocycles. The van der Waals surface area contributed by atoms with E-state index < -0.39 is 47.9 Å². The van der Waals surface area contributed by atoms with Crippen LogP contribution in [0.15, 0.2) is 51.7 Å². The number of aliphatic carboxylic acids is 1. The number of fused-ring (bicyclic) bond motifs is 1. The van der Waals surface area contributed by atoms with Crippen molar-refractivity contribution in [1.82, 2.24) is 0 Å². The number of phenolic OH excluding ortho intramolecular Hbond substituents is 2. The van der Waals surface area contributed by atoms with Gasteiger partial charge in [0.25, 0.3) is 0 Å². The van der Waals surface area contributed by atoms with Crippen LogP contribution in [0.5, 0.6) is 17.2 Å². The summed E-state index contributed by atoms with van der Waals surface area (Å²) >= 11 is 0. The number of aliphatic hydroxyl groups is 3. The molecule has 0 spiro atoms. The minimum Gasteiger partial charge on any atom is -0.547 e. The number of rotatable bonds is 4. The number of benzene rings is 2. The molecule has 12 heteroatoms. The standard InChI is InChI=1S/C21H18O11.Na/c22-9-5-11(23)15-12(24)7-13(31-14(15)6-9)8-1-3-10(4-2-8)30-21-18(27)16(25)17(26)19(32-21)20(28)29;/h1-7,16-19,21-23,25-27H,(H,28,29);/q;+1/p-1/t16-,17-,18+,19-,21+;/m0./s1. The number of phenols is 2. The van der Waals surface area contributed by atoms with Crippen LogP contribution >= 0.6 is 0 Å². The summed E-state index contributed by atoms with van der Waals surface area (Å²) in [4.78, 5) is 23.4. The number of aromatic hydroxyl groups is 2. The number of carboxylic acids is 1. The van der Waals surface area contributed by atoms with Crippen molar-refractivity contribution in [2.45, 2.75) is 30.7 Å². The van der Waals surface area contributed by atoms with Gasteiger partial charge >= 0.3 is 29.6 Å². The van der Waals surface area contributed by atoms with E-state index in [1.165, 1.54) is 30.3 Å². The molecule has 0 bridgehead atoms. The Morgan fingerprint density at radius 1 is 0.970 bits per heavy atom. The molecule has 5 N–H and O–H groups in total. The van der Waals surface area contributed by atoms with E-state index in [9.17, 15) is 40.2 Å². The molecule has 0 amide bonds. The van der Waals surface area contributed by atoms with E-state index in [2.05, 4.69) is 0 Å². The van der Waals surface area contributed by atoms with Crippen molar-refractivity contribution >= 4 is 16.9 Å². The number of hydrogen-bond acceptors (Lipinski definition) is 11. The molecule has 0 saturated carbocycles. The van der Waals surface area contributed by atoms with E-state index in [0.717, 1.165) is 12.1 Å². The van der Waals surface area contributed by atoms with Crippen molar-refractivity contribution in [1.29, 1.82) is 0 Å². The van der Waals surface area contributed by atoms with E-state index in [-0.39, 0.29) is 57.8 Å². The van der Waals surface area contributed by atoms with Gasteiger partial charge in [0.1, 0.15) is 58.4 Å². The number of aliphatic hydroxyl groups excluding tert-OH is 3. The van der Waals surface area contributed by atoms with Gasteiger partial charge in [0, 0.05) is 23.8 Å². The molecule has 3 aromatic rings. The summed E-state index contributed by atoms with van der Waals surface area (Å²) in [6, 6.07) is 9.14. The quantitative estimate of drug-likeness (QED) is 0.234. The van der Waals surface area contributed by atoms with Crippen molar-refractivity contribution < 1.29 is 78.9 Å². The number of hydrogen-bond donors (Lipinski definition) is 5. The SMILES string of the molecule is O=C([O-])[C@H]1O[C@@H](Oc2ccc(-c3cc(=O)c4c(O)cc(O)cc4o3)cc2)[C@H](O)[C@@H](O)[C@@H]1O.[Na+]. The maximum absolute atomic E-state index is 12.3. The predicted octanol–water partition coefficient (Wildman–Crippen LogP) is -4.19. The van der Waals surface area contributed by atoms with Gasteiger partial charge in [0.05, 0.1) is 5.97 Å². The van der Waals surface area contributed by atoms with Crippen molar-refractivity contribution in [3.63, 3.8) is 0 Å². The number of carboxylic acid groups (broad SMARTS) is 1. The second kappa shape index (κ2) is 9.69. The fourth-order valence-electron chi connectivity index (χ4n) is 3.37. The molecular weight excluding hydrogens is 451 g/mol. The third-order valence-corrected chi connectivity index (χ3v) is 4.99. The molecule has 4 rings (SSSR count). The minimum absolute atomic E-state index is 0. The van der Waals surface area contributed by atoms with Crippen molar-refractivity contribution in [3.8, 4) is 28.6 Å². The summed E-state index contributed by atoms with van der Waals surface area (Å²) in [5.74, 6) is -2.25. The molecule has 1 aliphatic heterocycles. The Kier molecular flexibility index (Phi) is 7.34. The Labute approximate surface area is 207 Å². The average molecular weight is 468 g/mol. The summed E-state index contributed by atoms with van der Waals surface area (Å²) in [5.41, 5.74) is -0.129. The van der Waals surface area contributed by atoms with Crippen LogP contribution in [0, 0.1) is 0 Å². The Morgan fingerprint density at radius 3 is 2.27 bits per heavy atom. The molecule has 2 aromatic carbocycles. The van der Waals surface area contributed by atoms with E-state index in [4.69, 9.17) is 13.9 Å². The zero-order valence-electron chi connectivity index (χ0n) is 17.1. The third-order valence-electron chi connectivity index (χ3n) is 4.99. The number of carbonyl (C=O) groups is 1. The maximum atomic E-state index is 12.3. The first kappa shape index (κ1) is 25.0. The Hall–Kier alpha value is -2.64. The minimum atomic E-state index is -1.91. The van der Waals surface area contributed by atoms with Crippen molar-refractivity contribution in [2.75, 3.05) is 0 Å². The molecule has 168 valence electrons. The van der Waals surface area contributed by atoms with Gasteiger partial charge in [0.2, 0.25) is 6.29 Å². The summed E-state index contributed by atoms with van der Waals surface area (Å²) in [6.07, 6.45) is -8.98. The van der Waals surface area contributed by atoms with Gasteiger partial charge in [0.15, 0.2) is 5.43 Å². The predicted molar refractivity (Wildman–Crippen MR) is 104 cm³/mol. The zero-order chi connectivity index (χ0) is 23.2. The maximum Gasteiger partial charge on any atom is 1.00 e. The topological polar surface area (TPSA) is 190 Å². The smallest absolute Gasteiger partial charge is 0.547 e. The van der Waals surface area contributed by atoms with E-state index >= 15 is 0 Å². The number of ether oxygens (including phenoxy) is 2. The Balaban J connectivity index is 0.00000306. The van der Waals surface area contributed by atoms with Gasteiger partial charge in [-0.2, -0.15) is 0 Å². The van der Waals surface area contributed by atoms with Crippen molar-refractivity contribution in [3.05, 3.63) is 52.7 Å². The monoisotopic (exact) mass is 468 g/mol. The molecule has 5 atom stereocenters. The van der Waals surface area contributed by atoms with E-state index in [0.29, 0.717) is 5.56 Å². The van der Waals surface area contributed by atoms with E-state index in [1.54, 1.807) is 0 Å². The Bertz CT molecular complexity index is 1220. The van der Waals surface area contributed by atoms with Crippen LogP contribution in [0.2, 0.25) is 0 Å². The van der Waals surface area contributed by atoms with Crippen LogP contribution in [-0.2, 0) is 9.53 Å². The largest absolute Gasteiger partial charge is 1.00 e. The first-order valence-corrected chi connectivity index (χ1v) is 9.33. The van der Waals surface area contributed by atoms with Gasteiger partial charge in [-0.15, -0.1) is 0 Å². The average Bonchev–Trinajstić information content (AvgIpc) is 2.73. The molecule has 1 saturated heterocycles. The van der Waals surface area contributed by atoms with Crippen LogP contribution in [0.3, 0.4) is 0 Å². The first-order chi connectivity index (χ1) is 15.2. The molecule has 2 heterocycles. The zero-order valence-corrected chi connectivity index (χ0v) is 19.1. The van der Waals surface area contributed by atoms with E-state index in [1.807, 2.05) is 0 Å². The molecule has 33 heavy (non-hydrogen) atoms. The first-order valence-electron chi connectivity index (χ1n) is 9.33. The fourth-order valence-corrected chi connectivity index (χ4v) is 3.37. The van der Waals surface area contributed by atoms with Gasteiger partial charge in [-0.3, -0.25) is 4.79 Å². The van der Waals surface area contributed by atoms with Gasteiger partial charge in [-0.25, -0.2) is 0 Å². The third kappa shape index (κ3) is 4.84. The second-order valence-corrected chi connectivity index (χ2v) is 7.17. The normalized spacial score (nSPS) is 24.8. The van der Waals surface area contributed by atoms with Crippen molar-refractivity contribution in [2.24, 2.45) is 0 Å². The summed E-state index contributed by atoms with van der Waals surface area (Å²) in [6.45, 7) is 0. The van der Waals surface area contributed by atoms with Crippen LogP contribution in [-0.4, -0.2) is 62.2 Å². The summed E-state index contributed by atoms with van der Waals surface area (Å²) in [5, 5.41) is 60.0. The Morgan fingerprint density at radius 2 is 1.64 bits per heavy atom. The van der Waals surface area contributed by atoms with Crippen LogP contribution in [0.25, 0.3) is 22.3 Å². The fraction of sp³-hybridized carbons (Fsp3) is 0.238. The molecular formula is C21H17NaO11. The number of carbonyl (C=O) groups excluding carboxylic acids is 1. The van der Waals surface area contributed by atoms with Gasteiger partial charge < -0.3 is 49.3 Å².